The number of likely N-dealkylation sites (N-methyl/N-ethyl adjacent to an activating group) is 1. The number of anilines is 3. The Morgan fingerprint density at radius 3 is 2.43 bits per heavy atom. The number of nitrogens with one attached hydrogen (secondary N) is 3. The van der Waals surface area contributed by atoms with Crippen molar-refractivity contribution < 1.29 is 41.5 Å². The normalized spacial score (nSPS) is 15.0. The number of aromatic nitrogens is 2. The van der Waals surface area contributed by atoms with Crippen LogP contribution in [0, 0.1) is 12.7 Å². The van der Waals surface area contributed by atoms with Gasteiger partial charge in [0, 0.05) is 30.3 Å². The Kier molecular flexibility index (Phi) is 11.6. The standard InChI is InChI=1S/C30H35FN8O3.C2HF3O2/c1-5-19-16-22(26(31)25(17-19)41-15-14-38(3)4)27(29-35-30(40)39(36-29)24-9-7-6-8-23(24)32)34-21-12-10-20(11-13-21)28-33-18(2)42-37-28;3-2(4,5)1(6)7/h6-13,16-17,27,29,34,36H,5,14-15,32H2,1-4H3,(H,35,40);(H,6,7). The number of aryl methyl sites for hydroxylation is 2. The number of rotatable bonds is 11. The molecule has 0 radical (unpaired) electrons. The summed E-state index contributed by atoms with van der Waals surface area (Å²) in [5.74, 6) is -2.16. The lowest BCUT2D eigenvalue weighted by Gasteiger charge is -2.28. The molecule has 6 N–H and O–H groups in total. The predicted molar refractivity (Wildman–Crippen MR) is 173 cm³/mol. The van der Waals surface area contributed by atoms with Crippen LogP contribution in [0.25, 0.3) is 11.4 Å². The molecule has 0 aliphatic carbocycles. The lowest BCUT2D eigenvalue weighted by molar-refractivity contribution is -0.192. The first-order valence-corrected chi connectivity index (χ1v) is 15.0. The lowest BCUT2D eigenvalue weighted by Crippen LogP contribution is -2.44. The minimum Gasteiger partial charge on any atom is -0.489 e. The number of hydrogen-bond donors (Lipinski definition) is 5. The highest BCUT2D eigenvalue weighted by Gasteiger charge is 2.39. The summed E-state index contributed by atoms with van der Waals surface area (Å²) in [6.45, 7) is 4.68. The van der Waals surface area contributed by atoms with Crippen LogP contribution in [0.15, 0.2) is 65.2 Å². The molecule has 0 spiro atoms. The van der Waals surface area contributed by atoms with E-state index in [1.807, 2.05) is 50.2 Å². The zero-order valence-corrected chi connectivity index (χ0v) is 27.0. The Labute approximate surface area is 279 Å². The second kappa shape index (κ2) is 15.7. The zero-order valence-electron chi connectivity index (χ0n) is 27.0. The zero-order chi connectivity index (χ0) is 35.9. The molecule has 0 bridgehead atoms. The number of nitrogens with zero attached hydrogens (tertiary/aromatic N) is 4. The number of urea groups is 1. The molecule has 49 heavy (non-hydrogen) atoms. The lowest BCUT2D eigenvalue weighted by atomic mass is 9.98. The van der Waals surface area contributed by atoms with Crippen molar-refractivity contribution in [3.8, 4) is 17.1 Å². The molecule has 1 saturated heterocycles. The van der Waals surface area contributed by atoms with E-state index in [0.717, 1.165) is 11.1 Å². The van der Waals surface area contributed by atoms with Crippen molar-refractivity contribution in [1.29, 1.82) is 0 Å². The van der Waals surface area contributed by atoms with Gasteiger partial charge in [-0.1, -0.05) is 30.3 Å². The third kappa shape index (κ3) is 9.35. The third-order valence-corrected chi connectivity index (χ3v) is 7.16. The van der Waals surface area contributed by atoms with Gasteiger partial charge in [-0.3, -0.25) is 0 Å². The number of carboxylic acid groups (broad SMARTS) is 1. The SMILES string of the molecule is CCc1cc(OCCN(C)C)c(F)c(C(Nc2ccc(-c3noc(C)n3)cc2)C2NC(=O)N(c3ccccc3N)N2)c1.O=C(O)C(F)(F)F. The number of nitrogen functional groups attached to an aromatic ring is 1. The number of hydrogen-bond acceptors (Lipinski definition) is 10. The molecule has 5 rings (SSSR count). The fourth-order valence-electron chi connectivity index (χ4n) is 4.66. The van der Waals surface area contributed by atoms with Crippen molar-refractivity contribution in [2.75, 3.05) is 43.3 Å². The molecule has 0 saturated carbocycles. The van der Waals surface area contributed by atoms with E-state index in [4.69, 9.17) is 24.9 Å². The number of hydrazine groups is 1. The van der Waals surface area contributed by atoms with Gasteiger partial charge in [0.05, 0.1) is 17.4 Å². The van der Waals surface area contributed by atoms with Crippen LogP contribution >= 0.6 is 0 Å². The van der Waals surface area contributed by atoms with Crippen molar-refractivity contribution in [3.05, 3.63) is 83.5 Å². The van der Waals surface area contributed by atoms with Gasteiger partial charge >= 0.3 is 18.2 Å². The minimum absolute atomic E-state index is 0.161. The summed E-state index contributed by atoms with van der Waals surface area (Å²) in [7, 11) is 3.86. The summed E-state index contributed by atoms with van der Waals surface area (Å²) >= 11 is 0. The van der Waals surface area contributed by atoms with Crippen LogP contribution < -0.4 is 31.5 Å². The number of aliphatic carboxylic acids is 1. The smallest absolute Gasteiger partial charge is 0.489 e. The number of benzene rings is 3. The topological polar surface area (TPSA) is 171 Å². The number of ether oxygens (including phenoxy) is 1. The van der Waals surface area contributed by atoms with Crippen molar-refractivity contribution in [3.63, 3.8) is 0 Å². The maximum absolute atomic E-state index is 16.2. The van der Waals surface area contributed by atoms with Crippen LogP contribution in [-0.4, -0.2) is 71.7 Å². The fourth-order valence-corrected chi connectivity index (χ4v) is 4.66. The maximum Gasteiger partial charge on any atom is 0.490 e. The predicted octanol–water partition coefficient (Wildman–Crippen LogP) is 5.12. The molecule has 17 heteroatoms. The number of carbonyl (C=O) groups is 2. The Morgan fingerprint density at radius 1 is 1.18 bits per heavy atom. The fraction of sp³-hybridized carbons (Fsp3) is 0.312. The number of alkyl halides is 3. The molecule has 262 valence electrons. The van der Waals surface area contributed by atoms with Crippen LogP contribution in [0.3, 0.4) is 0 Å². The van der Waals surface area contributed by atoms with Gasteiger partial charge in [-0.15, -0.1) is 0 Å². The molecule has 2 amide bonds. The van der Waals surface area contributed by atoms with E-state index in [0.29, 0.717) is 53.9 Å². The number of nitrogens with two attached hydrogens (primary N) is 1. The number of carbonyl (C=O) groups excluding carboxylic acids is 1. The molecule has 1 aromatic heterocycles. The summed E-state index contributed by atoms with van der Waals surface area (Å²) < 4.78 is 58.9. The summed E-state index contributed by atoms with van der Waals surface area (Å²) in [6, 6.07) is 16.8. The van der Waals surface area contributed by atoms with E-state index in [1.54, 1.807) is 43.3 Å². The third-order valence-electron chi connectivity index (χ3n) is 7.16. The number of para-hydroxylation sites is 2. The Balaban J connectivity index is 0.000000698. The van der Waals surface area contributed by atoms with Gasteiger partial charge in [-0.05, 0) is 68.5 Å². The van der Waals surface area contributed by atoms with Gasteiger partial charge in [0.25, 0.3) is 0 Å². The molecule has 2 atom stereocenters. The van der Waals surface area contributed by atoms with E-state index in [2.05, 4.69) is 26.2 Å². The molecule has 1 fully saturated rings. The number of amides is 2. The Hall–Kier alpha value is -5.42. The second-order valence-electron chi connectivity index (χ2n) is 11.1. The molecule has 13 nitrogen and oxygen atoms in total. The Bertz CT molecular complexity index is 1750. The monoisotopic (exact) mass is 688 g/mol. The van der Waals surface area contributed by atoms with Crippen LogP contribution in [-0.2, 0) is 11.2 Å². The second-order valence-corrected chi connectivity index (χ2v) is 11.1. The largest absolute Gasteiger partial charge is 0.490 e. The first kappa shape index (κ1) is 36.4. The maximum atomic E-state index is 16.2. The van der Waals surface area contributed by atoms with Crippen molar-refractivity contribution in [1.82, 2.24) is 25.8 Å². The van der Waals surface area contributed by atoms with Gasteiger partial charge in [0.2, 0.25) is 11.7 Å². The van der Waals surface area contributed by atoms with E-state index < -0.39 is 36.2 Å². The van der Waals surface area contributed by atoms with Crippen LogP contribution in [0.4, 0.5) is 39.4 Å². The average Bonchev–Trinajstić information content (AvgIpc) is 3.66. The summed E-state index contributed by atoms with van der Waals surface area (Å²) in [5.41, 5.74) is 13.0. The molecular formula is C32H36F4N8O5. The van der Waals surface area contributed by atoms with E-state index in [-0.39, 0.29) is 5.75 Å². The van der Waals surface area contributed by atoms with Crippen molar-refractivity contribution in [2.24, 2.45) is 0 Å². The summed E-state index contributed by atoms with van der Waals surface area (Å²) in [6.07, 6.45) is -5.16. The van der Waals surface area contributed by atoms with Crippen LogP contribution in [0.1, 0.15) is 30.0 Å². The van der Waals surface area contributed by atoms with Gasteiger partial charge in [0.1, 0.15) is 12.8 Å². The number of carboxylic acids is 1. The highest BCUT2D eigenvalue weighted by Crippen LogP contribution is 2.34. The highest BCUT2D eigenvalue weighted by molar-refractivity contribution is 5.96. The van der Waals surface area contributed by atoms with Crippen LogP contribution in [0.5, 0.6) is 5.75 Å². The number of halogens is 4. The molecule has 2 heterocycles. The first-order valence-electron chi connectivity index (χ1n) is 15.0. The van der Waals surface area contributed by atoms with Crippen LogP contribution in [0.2, 0.25) is 0 Å². The van der Waals surface area contributed by atoms with E-state index in [9.17, 15) is 18.0 Å². The summed E-state index contributed by atoms with van der Waals surface area (Å²) in [5, 5.41) is 18.8. The van der Waals surface area contributed by atoms with Crippen molar-refractivity contribution in [2.45, 2.75) is 38.7 Å². The molecule has 1 aliphatic heterocycles. The highest BCUT2D eigenvalue weighted by atomic mass is 19.4. The molecule has 3 aromatic carbocycles. The quantitative estimate of drug-likeness (QED) is 0.105. The van der Waals surface area contributed by atoms with Gasteiger partial charge in [0.15, 0.2) is 11.6 Å². The van der Waals surface area contributed by atoms with Gasteiger partial charge < -0.3 is 35.6 Å². The van der Waals surface area contributed by atoms with E-state index in [1.165, 1.54) is 5.01 Å². The molecule has 4 aromatic rings. The minimum atomic E-state index is -5.08. The van der Waals surface area contributed by atoms with E-state index >= 15 is 4.39 Å². The average molecular weight is 689 g/mol. The summed E-state index contributed by atoms with van der Waals surface area (Å²) in [4.78, 5) is 28.3. The van der Waals surface area contributed by atoms with Crippen molar-refractivity contribution >= 4 is 29.1 Å². The Morgan fingerprint density at radius 2 is 1.86 bits per heavy atom. The molecule has 2 unspecified atom stereocenters. The first-order chi connectivity index (χ1) is 23.2. The van der Waals surface area contributed by atoms with Gasteiger partial charge in [-0.2, -0.15) is 18.2 Å². The molecular weight excluding hydrogens is 652 g/mol. The van der Waals surface area contributed by atoms with Gasteiger partial charge in [-0.25, -0.2) is 24.4 Å². The molecule has 1 aliphatic rings.